The summed E-state index contributed by atoms with van der Waals surface area (Å²) in [5.41, 5.74) is 2.85. The number of nitro groups is 1. The highest BCUT2D eigenvalue weighted by atomic mass is 16.6. The van der Waals surface area contributed by atoms with Crippen LogP contribution in [0.5, 0.6) is 0 Å². The Morgan fingerprint density at radius 2 is 1.80 bits per heavy atom. The lowest BCUT2D eigenvalue weighted by molar-refractivity contribution is -0.384. The molecule has 1 aliphatic heterocycles. The lowest BCUT2D eigenvalue weighted by atomic mass is 10.1. The molecule has 0 atom stereocenters. The fraction of sp³-hybridized carbons (Fsp3) is 0.333. The number of nitrogens with zero attached hydrogens (tertiary/aromatic N) is 2. The van der Waals surface area contributed by atoms with Crippen molar-refractivity contribution in [3.63, 3.8) is 0 Å². The molecule has 0 unspecified atom stereocenters. The highest BCUT2D eigenvalue weighted by molar-refractivity contribution is 5.96. The number of morpholine rings is 1. The van der Waals surface area contributed by atoms with E-state index in [9.17, 15) is 19.7 Å². The summed E-state index contributed by atoms with van der Waals surface area (Å²) in [6, 6.07) is 9.75. The first-order valence-corrected chi connectivity index (χ1v) is 9.50. The monoisotopic (exact) mass is 413 g/mol. The van der Waals surface area contributed by atoms with Crippen LogP contribution in [0.3, 0.4) is 0 Å². The quantitative estimate of drug-likeness (QED) is 0.440. The zero-order chi connectivity index (χ0) is 21.7. The molecule has 1 fully saturated rings. The van der Waals surface area contributed by atoms with E-state index in [-0.39, 0.29) is 11.3 Å². The van der Waals surface area contributed by atoms with Gasteiger partial charge >= 0.3 is 5.97 Å². The maximum absolute atomic E-state index is 12.3. The van der Waals surface area contributed by atoms with Crippen LogP contribution in [0, 0.1) is 24.0 Å². The number of hydrogen-bond acceptors (Lipinski definition) is 7. The van der Waals surface area contributed by atoms with Gasteiger partial charge in [-0.25, -0.2) is 4.79 Å². The summed E-state index contributed by atoms with van der Waals surface area (Å²) in [6.07, 6.45) is 0. The Bertz CT molecular complexity index is 949. The van der Waals surface area contributed by atoms with Crippen LogP contribution < -0.4 is 10.2 Å². The molecule has 9 nitrogen and oxygen atoms in total. The predicted octanol–water partition coefficient (Wildman–Crippen LogP) is 2.84. The van der Waals surface area contributed by atoms with Crippen molar-refractivity contribution in [2.45, 2.75) is 13.8 Å². The molecule has 0 saturated carbocycles. The first-order chi connectivity index (χ1) is 14.3. The smallest absolute Gasteiger partial charge is 0.338 e. The van der Waals surface area contributed by atoms with Crippen LogP contribution in [0.2, 0.25) is 0 Å². The number of benzene rings is 2. The second kappa shape index (κ2) is 9.36. The number of amides is 1. The number of rotatable bonds is 6. The second-order valence-corrected chi connectivity index (χ2v) is 7.06. The third kappa shape index (κ3) is 5.32. The molecule has 0 aliphatic carbocycles. The van der Waals surface area contributed by atoms with Crippen molar-refractivity contribution < 1.29 is 24.0 Å². The van der Waals surface area contributed by atoms with Crippen LogP contribution in [-0.4, -0.2) is 49.7 Å². The predicted molar refractivity (Wildman–Crippen MR) is 111 cm³/mol. The van der Waals surface area contributed by atoms with E-state index >= 15 is 0 Å². The van der Waals surface area contributed by atoms with Crippen molar-refractivity contribution in [2.24, 2.45) is 0 Å². The fourth-order valence-corrected chi connectivity index (χ4v) is 3.33. The van der Waals surface area contributed by atoms with Gasteiger partial charge in [0, 0.05) is 24.8 Å². The van der Waals surface area contributed by atoms with Crippen molar-refractivity contribution in [2.75, 3.05) is 43.1 Å². The van der Waals surface area contributed by atoms with E-state index in [1.165, 1.54) is 18.2 Å². The lowest BCUT2D eigenvalue weighted by Gasteiger charge is -2.28. The van der Waals surface area contributed by atoms with E-state index in [2.05, 4.69) is 5.32 Å². The maximum Gasteiger partial charge on any atom is 0.338 e. The number of nitro benzene ring substituents is 1. The number of nitrogens with one attached hydrogen (secondary N) is 1. The van der Waals surface area contributed by atoms with Gasteiger partial charge in [0.05, 0.1) is 23.7 Å². The van der Waals surface area contributed by atoms with E-state index in [1.54, 1.807) is 12.1 Å². The van der Waals surface area contributed by atoms with Gasteiger partial charge in [0.1, 0.15) is 5.69 Å². The highest BCUT2D eigenvalue weighted by Gasteiger charge is 2.24. The number of carbonyl (C=O) groups is 2. The minimum absolute atomic E-state index is 0.0120. The molecule has 1 N–H and O–H groups in total. The number of ether oxygens (including phenoxy) is 2. The van der Waals surface area contributed by atoms with Crippen LogP contribution in [0.25, 0.3) is 0 Å². The first-order valence-electron chi connectivity index (χ1n) is 9.50. The Morgan fingerprint density at radius 3 is 2.43 bits per heavy atom. The van der Waals surface area contributed by atoms with Crippen LogP contribution in [-0.2, 0) is 14.3 Å². The minimum atomic E-state index is -0.804. The lowest BCUT2D eigenvalue weighted by Crippen LogP contribution is -2.36. The Labute approximate surface area is 173 Å². The standard InChI is InChI=1S/C21H23N3O6/c1-14-9-15(2)11-17(10-14)22-20(25)13-30-21(26)16-3-4-18(19(12-16)24(27)28)23-5-7-29-8-6-23/h3-4,9-12H,5-8,13H2,1-2H3,(H,22,25). The van der Waals surface area contributed by atoms with Crippen molar-refractivity contribution in [3.05, 3.63) is 63.2 Å². The summed E-state index contributed by atoms with van der Waals surface area (Å²) in [5, 5.41) is 14.2. The number of carbonyl (C=O) groups excluding carboxylic acids is 2. The van der Waals surface area contributed by atoms with Gasteiger partial charge in [0.2, 0.25) is 0 Å². The molecule has 2 aromatic carbocycles. The van der Waals surface area contributed by atoms with E-state index in [4.69, 9.17) is 9.47 Å². The molecule has 0 bridgehead atoms. The Kier molecular flexibility index (Phi) is 6.63. The number of hydrogen-bond donors (Lipinski definition) is 1. The molecule has 1 aliphatic rings. The molecular weight excluding hydrogens is 390 g/mol. The largest absolute Gasteiger partial charge is 0.452 e. The molecule has 0 radical (unpaired) electrons. The second-order valence-electron chi connectivity index (χ2n) is 7.06. The summed E-state index contributed by atoms with van der Waals surface area (Å²) >= 11 is 0. The Morgan fingerprint density at radius 1 is 1.13 bits per heavy atom. The SMILES string of the molecule is Cc1cc(C)cc(NC(=O)COC(=O)c2ccc(N3CCOCC3)c([N+](=O)[O-])c2)c1. The maximum atomic E-state index is 12.3. The van der Waals surface area contributed by atoms with Crippen molar-refractivity contribution >= 4 is 28.9 Å². The molecule has 1 amide bonds. The number of esters is 1. The van der Waals surface area contributed by atoms with Gasteiger partial charge in [-0.15, -0.1) is 0 Å². The van der Waals surface area contributed by atoms with E-state index in [1.807, 2.05) is 24.8 Å². The minimum Gasteiger partial charge on any atom is -0.452 e. The molecule has 30 heavy (non-hydrogen) atoms. The molecule has 9 heteroatoms. The van der Waals surface area contributed by atoms with Gasteiger partial charge in [-0.05, 0) is 49.2 Å². The van der Waals surface area contributed by atoms with E-state index in [0.29, 0.717) is 37.7 Å². The summed E-state index contributed by atoms with van der Waals surface area (Å²) < 4.78 is 10.3. The van der Waals surface area contributed by atoms with Crippen LogP contribution in [0.4, 0.5) is 17.1 Å². The normalized spacial score (nSPS) is 13.6. The van der Waals surface area contributed by atoms with Crippen molar-refractivity contribution in [1.82, 2.24) is 0 Å². The van der Waals surface area contributed by atoms with Crippen LogP contribution in [0.15, 0.2) is 36.4 Å². The molecule has 0 aromatic heterocycles. The van der Waals surface area contributed by atoms with E-state index in [0.717, 1.165) is 11.1 Å². The topological polar surface area (TPSA) is 111 Å². The Balaban J connectivity index is 1.65. The van der Waals surface area contributed by atoms with Gasteiger partial charge in [-0.2, -0.15) is 0 Å². The summed E-state index contributed by atoms with van der Waals surface area (Å²) in [4.78, 5) is 37.2. The number of anilines is 2. The van der Waals surface area contributed by atoms with Crippen molar-refractivity contribution in [3.8, 4) is 0 Å². The molecular formula is C21H23N3O6. The summed E-state index contributed by atoms with van der Waals surface area (Å²) in [5.74, 6) is -1.30. The fourth-order valence-electron chi connectivity index (χ4n) is 3.33. The first kappa shape index (κ1) is 21.3. The average Bonchev–Trinajstić information content (AvgIpc) is 2.71. The van der Waals surface area contributed by atoms with Crippen LogP contribution in [0.1, 0.15) is 21.5 Å². The van der Waals surface area contributed by atoms with Gasteiger partial charge in [0.15, 0.2) is 6.61 Å². The highest BCUT2D eigenvalue weighted by Crippen LogP contribution is 2.30. The van der Waals surface area contributed by atoms with Gasteiger partial charge < -0.3 is 19.7 Å². The zero-order valence-corrected chi connectivity index (χ0v) is 16.8. The summed E-state index contributed by atoms with van der Waals surface area (Å²) in [6.45, 7) is 5.36. The zero-order valence-electron chi connectivity index (χ0n) is 16.8. The molecule has 0 spiro atoms. The van der Waals surface area contributed by atoms with Gasteiger partial charge in [-0.3, -0.25) is 14.9 Å². The average molecular weight is 413 g/mol. The van der Waals surface area contributed by atoms with Crippen LogP contribution >= 0.6 is 0 Å². The van der Waals surface area contributed by atoms with Gasteiger partial charge in [0.25, 0.3) is 11.6 Å². The third-order valence-corrected chi connectivity index (χ3v) is 4.60. The molecule has 158 valence electrons. The van der Waals surface area contributed by atoms with Gasteiger partial charge in [-0.1, -0.05) is 6.07 Å². The summed E-state index contributed by atoms with van der Waals surface area (Å²) in [7, 11) is 0. The molecule has 1 heterocycles. The third-order valence-electron chi connectivity index (χ3n) is 4.60. The van der Waals surface area contributed by atoms with Crippen molar-refractivity contribution in [1.29, 1.82) is 0 Å². The van der Waals surface area contributed by atoms with E-state index < -0.39 is 23.4 Å². The molecule has 1 saturated heterocycles. The number of aryl methyl sites for hydroxylation is 2. The Hall–Kier alpha value is -3.46. The molecule has 2 aromatic rings. The molecule has 3 rings (SSSR count).